The van der Waals surface area contributed by atoms with Gasteiger partial charge < -0.3 is 18.5 Å². The fraction of sp³-hybridized carbons (Fsp3) is 0.278. The summed E-state index contributed by atoms with van der Waals surface area (Å²) in [7, 11) is -1.78. The van der Waals surface area contributed by atoms with E-state index in [-0.39, 0.29) is 23.0 Å². The summed E-state index contributed by atoms with van der Waals surface area (Å²) in [6.45, 7) is 1.50. The molecule has 0 aliphatic heterocycles. The molecule has 8 heteroatoms. The number of hydrogen-bond donors (Lipinski definition) is 0. The van der Waals surface area contributed by atoms with E-state index in [0.29, 0.717) is 12.8 Å². The van der Waals surface area contributed by atoms with Gasteiger partial charge in [0, 0.05) is 18.6 Å². The Hall–Kier alpha value is -2.61. The zero-order chi connectivity index (χ0) is 19.3. The normalized spacial score (nSPS) is 11.1. The molecule has 0 N–H and O–H groups in total. The van der Waals surface area contributed by atoms with Crippen LogP contribution >= 0.6 is 0 Å². The number of halogens is 1. The molecule has 0 atom stereocenters. The number of rotatable bonds is 8. The van der Waals surface area contributed by atoms with Gasteiger partial charge in [-0.1, -0.05) is 12.1 Å². The van der Waals surface area contributed by atoms with Gasteiger partial charge in [0.25, 0.3) is 0 Å². The van der Waals surface area contributed by atoms with Crippen molar-refractivity contribution in [3.05, 3.63) is 47.8 Å². The maximum absolute atomic E-state index is 14.2. The molecule has 0 amide bonds. The van der Waals surface area contributed by atoms with Gasteiger partial charge in [-0.2, -0.15) is 8.42 Å². The molecule has 0 heterocycles. The highest BCUT2D eigenvalue weighted by atomic mass is 32.2. The van der Waals surface area contributed by atoms with Gasteiger partial charge in [-0.05, 0) is 31.0 Å². The third-order valence-corrected chi connectivity index (χ3v) is 4.87. The summed E-state index contributed by atoms with van der Waals surface area (Å²) < 4.78 is 53.9. The molecule has 2 aromatic rings. The van der Waals surface area contributed by atoms with Crippen LogP contribution in [-0.2, 0) is 21.3 Å². The minimum absolute atomic E-state index is 0.0331. The van der Waals surface area contributed by atoms with Crippen molar-refractivity contribution < 1.29 is 31.3 Å². The second-order valence-corrected chi connectivity index (χ2v) is 7.04. The molecule has 2 aromatic carbocycles. The standard InChI is InChI=1S/C18H19FO6S/c1-12(20)4-5-13-6-8-14(9-7-13)25-26(21,22)18-11-17(24-3)16(23-2)10-15(18)19/h6-11H,4-5H2,1-3H3. The lowest BCUT2D eigenvalue weighted by Gasteiger charge is -2.12. The first-order valence-corrected chi connectivity index (χ1v) is 9.12. The first-order valence-electron chi connectivity index (χ1n) is 7.71. The Morgan fingerprint density at radius 1 is 1.04 bits per heavy atom. The third kappa shape index (κ3) is 4.72. The summed E-state index contributed by atoms with van der Waals surface area (Å²) in [5.41, 5.74) is 0.863. The van der Waals surface area contributed by atoms with Gasteiger partial charge >= 0.3 is 10.1 Å². The lowest BCUT2D eigenvalue weighted by molar-refractivity contribution is -0.116. The average Bonchev–Trinajstić information content (AvgIpc) is 2.60. The number of ketones is 1. The largest absolute Gasteiger partial charge is 0.493 e. The molecule has 0 spiro atoms. The van der Waals surface area contributed by atoms with Crippen LogP contribution in [0.2, 0.25) is 0 Å². The van der Waals surface area contributed by atoms with Crippen molar-refractivity contribution in [1.29, 1.82) is 0 Å². The quantitative estimate of drug-likeness (QED) is 0.653. The number of benzene rings is 2. The fourth-order valence-electron chi connectivity index (χ4n) is 2.23. The van der Waals surface area contributed by atoms with Crippen LogP contribution < -0.4 is 13.7 Å². The van der Waals surface area contributed by atoms with Crippen LogP contribution in [0.3, 0.4) is 0 Å². The minimum atomic E-state index is -4.40. The Labute approximate surface area is 151 Å². The SMILES string of the molecule is COc1cc(F)c(S(=O)(=O)Oc2ccc(CCC(C)=O)cc2)cc1OC. The fourth-order valence-corrected chi connectivity index (χ4v) is 3.23. The number of Topliss-reactive ketones (excluding diaryl/α,β-unsaturated/α-hetero) is 1. The maximum Gasteiger partial charge on any atom is 0.342 e. The summed E-state index contributed by atoms with van der Waals surface area (Å²) in [5.74, 6) is -0.780. The van der Waals surface area contributed by atoms with E-state index in [9.17, 15) is 17.6 Å². The molecule has 0 unspecified atom stereocenters. The molecular formula is C18H19FO6S. The molecule has 2 rings (SSSR count). The van der Waals surface area contributed by atoms with E-state index in [1.54, 1.807) is 12.1 Å². The van der Waals surface area contributed by atoms with Crippen LogP contribution in [-0.4, -0.2) is 28.4 Å². The zero-order valence-corrected chi connectivity index (χ0v) is 15.4. The highest BCUT2D eigenvalue weighted by Gasteiger charge is 2.24. The van der Waals surface area contributed by atoms with E-state index in [2.05, 4.69) is 0 Å². The van der Waals surface area contributed by atoms with Crippen LogP contribution in [0.5, 0.6) is 17.2 Å². The molecule has 0 bridgehead atoms. The second-order valence-electron chi connectivity index (χ2n) is 5.52. The average molecular weight is 382 g/mol. The van der Waals surface area contributed by atoms with Crippen LogP contribution in [0.25, 0.3) is 0 Å². The molecule has 140 valence electrons. The molecule has 0 aromatic heterocycles. The van der Waals surface area contributed by atoms with Crippen molar-refractivity contribution in [2.45, 2.75) is 24.7 Å². The summed E-state index contributed by atoms with van der Waals surface area (Å²) in [4.78, 5) is 10.3. The van der Waals surface area contributed by atoms with Crippen LogP contribution in [0.15, 0.2) is 41.3 Å². The van der Waals surface area contributed by atoms with E-state index in [1.807, 2.05) is 0 Å². The molecule has 0 saturated carbocycles. The molecule has 0 saturated heterocycles. The van der Waals surface area contributed by atoms with Crippen LogP contribution in [0, 0.1) is 5.82 Å². The van der Waals surface area contributed by atoms with Crippen molar-refractivity contribution in [3.63, 3.8) is 0 Å². The molecule has 0 radical (unpaired) electrons. The highest BCUT2D eigenvalue weighted by Crippen LogP contribution is 2.33. The van der Waals surface area contributed by atoms with E-state index in [4.69, 9.17) is 13.7 Å². The number of carbonyl (C=O) groups excluding carboxylic acids is 1. The Balaban J connectivity index is 2.24. The van der Waals surface area contributed by atoms with Gasteiger partial charge in [0.05, 0.1) is 14.2 Å². The van der Waals surface area contributed by atoms with Gasteiger partial charge in [0.1, 0.15) is 22.2 Å². The van der Waals surface area contributed by atoms with Gasteiger partial charge in [-0.3, -0.25) is 0 Å². The van der Waals surface area contributed by atoms with Crippen molar-refractivity contribution in [3.8, 4) is 17.2 Å². The maximum atomic E-state index is 14.2. The Morgan fingerprint density at radius 3 is 2.15 bits per heavy atom. The van der Waals surface area contributed by atoms with Crippen molar-refractivity contribution >= 4 is 15.9 Å². The van der Waals surface area contributed by atoms with Gasteiger partial charge in [-0.15, -0.1) is 0 Å². The van der Waals surface area contributed by atoms with Crippen LogP contribution in [0.1, 0.15) is 18.9 Å². The summed E-state index contributed by atoms with van der Waals surface area (Å²) >= 11 is 0. The molecular weight excluding hydrogens is 363 g/mol. The number of aryl methyl sites for hydroxylation is 1. The number of carbonyl (C=O) groups is 1. The second kappa shape index (κ2) is 8.18. The van der Waals surface area contributed by atoms with E-state index in [1.165, 1.54) is 33.3 Å². The Morgan fingerprint density at radius 2 is 1.62 bits per heavy atom. The lowest BCUT2D eigenvalue weighted by atomic mass is 10.1. The van der Waals surface area contributed by atoms with Gasteiger partial charge in [-0.25, -0.2) is 4.39 Å². The van der Waals surface area contributed by atoms with Crippen molar-refractivity contribution in [2.24, 2.45) is 0 Å². The van der Waals surface area contributed by atoms with Crippen LogP contribution in [0.4, 0.5) is 4.39 Å². The first kappa shape index (κ1) is 19.7. The topological polar surface area (TPSA) is 78.9 Å². The molecule has 26 heavy (non-hydrogen) atoms. The summed E-state index contributed by atoms with van der Waals surface area (Å²) in [5, 5.41) is 0. The summed E-state index contributed by atoms with van der Waals surface area (Å²) in [6.07, 6.45) is 0.946. The van der Waals surface area contributed by atoms with Crippen molar-refractivity contribution in [1.82, 2.24) is 0 Å². The number of methoxy groups -OCH3 is 2. The first-order chi connectivity index (χ1) is 12.3. The predicted molar refractivity (Wildman–Crippen MR) is 92.8 cm³/mol. The van der Waals surface area contributed by atoms with Crippen molar-refractivity contribution in [2.75, 3.05) is 14.2 Å². The molecule has 0 aliphatic rings. The molecule has 6 nitrogen and oxygen atoms in total. The van der Waals surface area contributed by atoms with E-state index in [0.717, 1.165) is 17.7 Å². The summed E-state index contributed by atoms with van der Waals surface area (Å²) in [6, 6.07) is 8.12. The minimum Gasteiger partial charge on any atom is -0.493 e. The molecule has 0 aliphatic carbocycles. The Kier molecular flexibility index (Phi) is 6.20. The van der Waals surface area contributed by atoms with Gasteiger partial charge in [0.15, 0.2) is 11.5 Å². The third-order valence-electron chi connectivity index (χ3n) is 3.60. The zero-order valence-electron chi connectivity index (χ0n) is 14.6. The highest BCUT2D eigenvalue weighted by molar-refractivity contribution is 7.87. The van der Waals surface area contributed by atoms with E-state index < -0.39 is 20.8 Å². The number of hydrogen-bond acceptors (Lipinski definition) is 6. The number of ether oxygens (including phenoxy) is 2. The van der Waals surface area contributed by atoms with Gasteiger partial charge in [0.2, 0.25) is 0 Å². The Bertz CT molecular complexity index is 891. The smallest absolute Gasteiger partial charge is 0.342 e. The predicted octanol–water partition coefficient (Wildman–Crippen LogP) is 3.13. The van der Waals surface area contributed by atoms with E-state index >= 15 is 0 Å². The monoisotopic (exact) mass is 382 g/mol. The molecule has 0 fully saturated rings. The lowest BCUT2D eigenvalue weighted by Crippen LogP contribution is -2.12.